The molecule has 1 amide bonds. The van der Waals surface area contributed by atoms with E-state index in [1.165, 1.54) is 6.26 Å². The van der Waals surface area contributed by atoms with Gasteiger partial charge < -0.3 is 5.32 Å². The Morgan fingerprint density at radius 3 is 2.81 bits per heavy atom. The van der Waals surface area contributed by atoms with E-state index in [1.807, 2.05) is 0 Å². The van der Waals surface area contributed by atoms with Crippen LogP contribution in [-0.4, -0.2) is 52.8 Å². The highest BCUT2D eigenvalue weighted by atomic mass is 32.2. The Kier molecular flexibility index (Phi) is 5.28. The Morgan fingerprint density at radius 1 is 1.43 bits per heavy atom. The average molecular weight is 332 g/mol. The van der Waals surface area contributed by atoms with Gasteiger partial charge in [-0.1, -0.05) is 6.42 Å². The van der Waals surface area contributed by atoms with E-state index in [9.17, 15) is 13.2 Å². The van der Waals surface area contributed by atoms with Crippen molar-refractivity contribution in [2.45, 2.75) is 38.6 Å². The lowest BCUT2D eigenvalue weighted by molar-refractivity contribution is 0.0945. The predicted molar refractivity (Wildman–Crippen MR) is 80.8 cm³/mol. The van der Waals surface area contributed by atoms with Gasteiger partial charge in [0.15, 0.2) is 5.69 Å². The summed E-state index contributed by atoms with van der Waals surface area (Å²) in [5.41, 5.74) is 0.969. The molecule has 1 aliphatic rings. The van der Waals surface area contributed by atoms with Crippen LogP contribution in [0.4, 0.5) is 0 Å². The van der Waals surface area contributed by atoms with Gasteiger partial charge >= 0.3 is 0 Å². The van der Waals surface area contributed by atoms with Crippen LogP contribution in [0.5, 0.6) is 0 Å². The minimum Gasteiger partial charge on any atom is -0.351 e. The maximum atomic E-state index is 11.9. The number of carbonyl (C=O) groups is 1. The molecule has 2 heterocycles. The van der Waals surface area contributed by atoms with E-state index in [1.54, 1.807) is 11.2 Å². The van der Waals surface area contributed by atoms with Gasteiger partial charge in [-0.05, 0) is 26.2 Å². The lowest BCUT2D eigenvalue weighted by Gasteiger charge is -2.33. The zero-order valence-electron chi connectivity index (χ0n) is 12.2. The summed E-state index contributed by atoms with van der Waals surface area (Å²) in [5.74, 6) is -0.247. The van der Waals surface area contributed by atoms with Crippen molar-refractivity contribution in [2.75, 3.05) is 19.3 Å². The van der Waals surface area contributed by atoms with Crippen LogP contribution in [0, 0.1) is 6.92 Å². The van der Waals surface area contributed by atoms with Crippen LogP contribution in [0.3, 0.4) is 0 Å². The number of rotatable bonds is 5. The van der Waals surface area contributed by atoms with Crippen LogP contribution >= 0.6 is 11.7 Å². The third kappa shape index (κ3) is 4.21. The second kappa shape index (κ2) is 6.80. The van der Waals surface area contributed by atoms with Crippen molar-refractivity contribution < 1.29 is 13.2 Å². The van der Waals surface area contributed by atoms with Gasteiger partial charge in [0.1, 0.15) is 0 Å². The molecule has 0 radical (unpaired) electrons. The maximum Gasteiger partial charge on any atom is 0.272 e. The molecule has 1 unspecified atom stereocenters. The molecule has 21 heavy (non-hydrogen) atoms. The van der Waals surface area contributed by atoms with Gasteiger partial charge in [-0.15, -0.1) is 0 Å². The number of amides is 1. The highest BCUT2D eigenvalue weighted by molar-refractivity contribution is 7.88. The molecule has 0 bridgehead atoms. The van der Waals surface area contributed by atoms with Crippen LogP contribution in [0.2, 0.25) is 0 Å². The first-order valence-corrected chi connectivity index (χ1v) is 9.51. The monoisotopic (exact) mass is 332 g/mol. The summed E-state index contributed by atoms with van der Waals surface area (Å²) in [6.07, 6.45) is 4.64. The van der Waals surface area contributed by atoms with Gasteiger partial charge in [0.2, 0.25) is 10.0 Å². The molecule has 1 aliphatic heterocycles. The number of piperidine rings is 1. The molecule has 0 saturated carbocycles. The van der Waals surface area contributed by atoms with Crippen LogP contribution in [0.1, 0.15) is 41.9 Å². The fraction of sp³-hybridized carbons (Fsp3) is 0.750. The SMILES string of the molecule is Cc1nsnc1C(=O)NCCC1CCCCN1S(C)(=O)=O. The number of aromatic nitrogens is 2. The molecule has 1 saturated heterocycles. The topological polar surface area (TPSA) is 92.3 Å². The van der Waals surface area contributed by atoms with Crippen molar-refractivity contribution in [3.63, 3.8) is 0 Å². The van der Waals surface area contributed by atoms with Gasteiger partial charge in [0.25, 0.3) is 5.91 Å². The van der Waals surface area contributed by atoms with E-state index in [0.717, 1.165) is 31.0 Å². The fourth-order valence-corrected chi connectivity index (χ4v) is 4.33. The number of nitrogens with zero attached hydrogens (tertiary/aromatic N) is 3. The molecule has 1 aromatic rings. The standard InChI is InChI=1S/C12H20N4O3S2/c1-9-11(15-20-14-9)12(17)13-7-6-10-5-3-4-8-16(10)21(2,18)19/h10H,3-8H2,1-2H3,(H,13,17). The van der Waals surface area contributed by atoms with Crippen LogP contribution in [-0.2, 0) is 10.0 Å². The molecule has 1 N–H and O–H groups in total. The Balaban J connectivity index is 1.87. The van der Waals surface area contributed by atoms with Crippen molar-refractivity contribution >= 4 is 27.7 Å². The molecule has 0 aliphatic carbocycles. The van der Waals surface area contributed by atoms with Gasteiger partial charge in [0.05, 0.1) is 23.7 Å². The maximum absolute atomic E-state index is 11.9. The summed E-state index contributed by atoms with van der Waals surface area (Å²) < 4.78 is 33.0. The first kappa shape index (κ1) is 16.3. The quantitative estimate of drug-likeness (QED) is 0.860. The molecular formula is C12H20N4O3S2. The zero-order valence-corrected chi connectivity index (χ0v) is 13.8. The minimum absolute atomic E-state index is 0.0243. The Hall–Kier alpha value is -1.06. The molecular weight excluding hydrogens is 312 g/mol. The molecule has 7 nitrogen and oxygen atoms in total. The number of sulfonamides is 1. The van der Waals surface area contributed by atoms with Crippen LogP contribution < -0.4 is 5.32 Å². The molecule has 9 heteroatoms. The highest BCUT2D eigenvalue weighted by Crippen LogP contribution is 2.21. The third-order valence-corrected chi connectivity index (χ3v) is 5.58. The predicted octanol–water partition coefficient (Wildman–Crippen LogP) is 0.781. The van der Waals surface area contributed by atoms with Crippen molar-refractivity contribution in [1.29, 1.82) is 0 Å². The first-order chi connectivity index (χ1) is 9.89. The highest BCUT2D eigenvalue weighted by Gasteiger charge is 2.29. The van der Waals surface area contributed by atoms with Gasteiger partial charge in [-0.25, -0.2) is 8.42 Å². The van der Waals surface area contributed by atoms with Crippen molar-refractivity contribution in [3.05, 3.63) is 11.4 Å². The Labute approximate surface area is 129 Å². The number of carbonyl (C=O) groups excluding carboxylic acids is 1. The van der Waals surface area contributed by atoms with Gasteiger partial charge in [0, 0.05) is 19.1 Å². The van der Waals surface area contributed by atoms with Crippen molar-refractivity contribution in [2.24, 2.45) is 0 Å². The van der Waals surface area contributed by atoms with Crippen molar-refractivity contribution in [3.8, 4) is 0 Å². The second-order valence-corrected chi connectivity index (χ2v) is 7.73. The van der Waals surface area contributed by atoms with Gasteiger partial charge in [-0.3, -0.25) is 4.79 Å². The van der Waals surface area contributed by atoms with Crippen LogP contribution in [0.15, 0.2) is 0 Å². The molecule has 118 valence electrons. The summed E-state index contributed by atoms with van der Waals surface area (Å²) in [5, 5.41) is 2.79. The minimum atomic E-state index is -3.18. The van der Waals surface area contributed by atoms with E-state index < -0.39 is 10.0 Å². The summed E-state index contributed by atoms with van der Waals surface area (Å²) in [6, 6.07) is -0.0243. The van der Waals surface area contributed by atoms with Crippen molar-refractivity contribution in [1.82, 2.24) is 18.4 Å². The Morgan fingerprint density at radius 2 is 2.19 bits per heavy atom. The lowest BCUT2D eigenvalue weighted by Crippen LogP contribution is -2.44. The zero-order chi connectivity index (χ0) is 15.5. The fourth-order valence-electron chi connectivity index (χ4n) is 2.57. The Bertz CT molecular complexity index is 599. The molecule has 0 spiro atoms. The van der Waals surface area contributed by atoms with E-state index in [-0.39, 0.29) is 11.9 Å². The molecule has 1 fully saturated rings. The summed E-state index contributed by atoms with van der Waals surface area (Å²) in [7, 11) is -3.18. The average Bonchev–Trinajstić information content (AvgIpc) is 2.84. The van der Waals surface area contributed by atoms with E-state index in [2.05, 4.69) is 14.1 Å². The summed E-state index contributed by atoms with van der Waals surface area (Å²) in [4.78, 5) is 11.9. The second-order valence-electron chi connectivity index (χ2n) is 5.27. The molecule has 1 aromatic heterocycles. The van der Waals surface area contributed by atoms with Gasteiger partial charge in [-0.2, -0.15) is 13.1 Å². The molecule has 1 atom stereocenters. The molecule has 0 aromatic carbocycles. The lowest BCUT2D eigenvalue weighted by atomic mass is 10.0. The van der Waals surface area contributed by atoms with Crippen LogP contribution in [0.25, 0.3) is 0 Å². The summed E-state index contributed by atoms with van der Waals surface area (Å²) >= 11 is 1.01. The molecule has 2 rings (SSSR count). The number of nitrogens with one attached hydrogen (secondary N) is 1. The smallest absolute Gasteiger partial charge is 0.272 e. The number of aryl methyl sites for hydroxylation is 1. The largest absolute Gasteiger partial charge is 0.351 e. The third-order valence-electron chi connectivity index (χ3n) is 3.63. The summed E-state index contributed by atoms with van der Waals surface area (Å²) in [6.45, 7) is 2.75. The first-order valence-electron chi connectivity index (χ1n) is 6.94. The normalized spacial score (nSPS) is 20.4. The van der Waals surface area contributed by atoms with E-state index in [0.29, 0.717) is 30.9 Å². The number of hydrogen-bond acceptors (Lipinski definition) is 6. The van der Waals surface area contributed by atoms with E-state index in [4.69, 9.17) is 0 Å². The van der Waals surface area contributed by atoms with E-state index >= 15 is 0 Å². The number of hydrogen-bond donors (Lipinski definition) is 1.